The molecule has 0 atom stereocenters. The fourth-order valence-electron chi connectivity index (χ4n) is 4.54. The first-order valence-electron chi connectivity index (χ1n) is 12.0. The summed E-state index contributed by atoms with van der Waals surface area (Å²) < 4.78 is 19.9. The molecule has 2 amide bonds. The van der Waals surface area contributed by atoms with Gasteiger partial charge in [0.05, 0.1) is 17.7 Å². The number of aromatic amines is 1. The summed E-state index contributed by atoms with van der Waals surface area (Å²) in [5, 5.41) is 14.7. The van der Waals surface area contributed by atoms with Crippen molar-refractivity contribution in [3.05, 3.63) is 42.1 Å². The molecule has 2 fully saturated rings. The molecule has 0 saturated heterocycles. The Balaban J connectivity index is 1.32. The van der Waals surface area contributed by atoms with Crippen LogP contribution in [0.3, 0.4) is 0 Å². The number of carbonyl (C=O) groups excluding carboxylic acids is 2. The van der Waals surface area contributed by atoms with Crippen LogP contribution in [0, 0.1) is 11.7 Å². The summed E-state index contributed by atoms with van der Waals surface area (Å²) >= 11 is 0. The highest BCUT2D eigenvalue weighted by Gasteiger charge is 2.26. The number of hydrogen-bond acceptors (Lipinski definition) is 6. The standard InChI is InChI=1S/C25H28FN5O4/c26-15-3-8-18(20(9-15)35-12-14-1-2-14)22-24-23(29-13-28-22)19(10-27-24)25(34)31-17-6-4-16(5-7-17)30-21(33)11-32/h3,8-10,13-14,16-17,27,32H,1-2,4-7,11-12H2,(H,30,33)(H,31,34)/t16-,17+. The molecule has 0 spiro atoms. The molecule has 2 saturated carbocycles. The van der Waals surface area contributed by atoms with E-state index in [1.165, 1.54) is 18.5 Å². The third-order valence-corrected chi connectivity index (χ3v) is 6.65. The number of rotatable bonds is 8. The van der Waals surface area contributed by atoms with Gasteiger partial charge in [0.25, 0.3) is 5.91 Å². The third kappa shape index (κ3) is 5.27. The lowest BCUT2D eigenvalue weighted by Crippen LogP contribution is -2.44. The van der Waals surface area contributed by atoms with Gasteiger partial charge in [-0.05, 0) is 56.6 Å². The van der Waals surface area contributed by atoms with Gasteiger partial charge in [-0.15, -0.1) is 0 Å². The number of carbonyl (C=O) groups is 2. The average molecular weight is 482 g/mol. The highest BCUT2D eigenvalue weighted by molar-refractivity contribution is 6.07. The van der Waals surface area contributed by atoms with Crippen molar-refractivity contribution in [3.8, 4) is 17.0 Å². The Morgan fingerprint density at radius 3 is 2.54 bits per heavy atom. The van der Waals surface area contributed by atoms with Crippen molar-refractivity contribution >= 4 is 22.8 Å². The van der Waals surface area contributed by atoms with Gasteiger partial charge >= 0.3 is 0 Å². The minimum Gasteiger partial charge on any atom is -0.492 e. The first-order chi connectivity index (χ1) is 17.0. The van der Waals surface area contributed by atoms with Gasteiger partial charge in [-0.1, -0.05) is 0 Å². The number of amides is 2. The number of nitrogens with one attached hydrogen (secondary N) is 3. The lowest BCUT2D eigenvalue weighted by atomic mass is 9.91. The van der Waals surface area contributed by atoms with Crippen LogP contribution in [0.5, 0.6) is 5.75 Å². The maximum absolute atomic E-state index is 13.9. The van der Waals surface area contributed by atoms with Crippen LogP contribution in [0.25, 0.3) is 22.3 Å². The number of H-pyrrole nitrogens is 1. The molecule has 2 heterocycles. The normalized spacial score (nSPS) is 19.9. The van der Waals surface area contributed by atoms with E-state index in [-0.39, 0.29) is 29.7 Å². The van der Waals surface area contributed by atoms with Gasteiger partial charge in [0.1, 0.15) is 35.7 Å². The summed E-state index contributed by atoms with van der Waals surface area (Å²) in [6, 6.07) is 4.35. The van der Waals surface area contributed by atoms with E-state index >= 15 is 0 Å². The third-order valence-electron chi connectivity index (χ3n) is 6.65. The molecule has 3 aromatic rings. The van der Waals surface area contributed by atoms with E-state index in [4.69, 9.17) is 9.84 Å². The second-order valence-electron chi connectivity index (χ2n) is 9.29. The van der Waals surface area contributed by atoms with E-state index in [2.05, 4.69) is 25.6 Å². The van der Waals surface area contributed by atoms with Crippen molar-refractivity contribution in [3.63, 3.8) is 0 Å². The first-order valence-corrected chi connectivity index (χ1v) is 12.0. The number of aliphatic hydroxyl groups excluding tert-OH is 1. The number of fused-ring (bicyclic) bond motifs is 1. The Morgan fingerprint density at radius 2 is 1.83 bits per heavy atom. The van der Waals surface area contributed by atoms with Crippen LogP contribution < -0.4 is 15.4 Å². The van der Waals surface area contributed by atoms with Crippen molar-refractivity contribution < 1.29 is 23.8 Å². The van der Waals surface area contributed by atoms with Gasteiger partial charge in [0.2, 0.25) is 5.91 Å². The topological polar surface area (TPSA) is 129 Å². The zero-order valence-corrected chi connectivity index (χ0v) is 19.2. The van der Waals surface area contributed by atoms with E-state index in [0.717, 1.165) is 38.5 Å². The summed E-state index contributed by atoms with van der Waals surface area (Å²) in [4.78, 5) is 36.3. The maximum Gasteiger partial charge on any atom is 0.255 e. The number of benzene rings is 1. The lowest BCUT2D eigenvalue weighted by molar-refractivity contribution is -0.124. The molecule has 1 aromatic carbocycles. The van der Waals surface area contributed by atoms with E-state index in [9.17, 15) is 14.0 Å². The number of nitrogens with zero attached hydrogens (tertiary/aromatic N) is 2. The van der Waals surface area contributed by atoms with Crippen molar-refractivity contribution in [1.82, 2.24) is 25.6 Å². The van der Waals surface area contributed by atoms with Crippen LogP contribution >= 0.6 is 0 Å². The number of halogens is 1. The zero-order chi connectivity index (χ0) is 24.4. The van der Waals surface area contributed by atoms with Gasteiger partial charge in [0.15, 0.2) is 0 Å². The summed E-state index contributed by atoms with van der Waals surface area (Å²) in [5.41, 5.74) is 2.64. The molecule has 184 valence electrons. The SMILES string of the molecule is O=C(CO)N[C@H]1CC[C@@H](NC(=O)c2c[nH]c3c(-c4ccc(F)cc4OCC4CC4)ncnc23)CC1. The van der Waals surface area contributed by atoms with E-state index in [0.29, 0.717) is 46.1 Å². The number of ether oxygens (including phenoxy) is 1. The molecule has 10 heteroatoms. The van der Waals surface area contributed by atoms with Crippen LogP contribution in [-0.4, -0.2) is 57.2 Å². The molecule has 0 bridgehead atoms. The number of aliphatic hydroxyl groups is 1. The van der Waals surface area contributed by atoms with Gasteiger partial charge in [-0.3, -0.25) is 9.59 Å². The van der Waals surface area contributed by atoms with Crippen LogP contribution in [0.2, 0.25) is 0 Å². The molecule has 0 unspecified atom stereocenters. The minimum absolute atomic E-state index is 0.0122. The predicted molar refractivity (Wildman–Crippen MR) is 126 cm³/mol. The Morgan fingerprint density at radius 1 is 1.09 bits per heavy atom. The molecule has 4 N–H and O–H groups in total. The molecular weight excluding hydrogens is 453 g/mol. The predicted octanol–water partition coefficient (Wildman–Crippen LogP) is 2.70. The van der Waals surface area contributed by atoms with Crippen LogP contribution in [-0.2, 0) is 4.79 Å². The Kier molecular flexibility index (Phi) is 6.63. The Bertz CT molecular complexity index is 1230. The monoisotopic (exact) mass is 481 g/mol. The molecule has 2 aliphatic carbocycles. The van der Waals surface area contributed by atoms with Gasteiger partial charge in [0, 0.05) is 29.9 Å². The molecule has 5 rings (SSSR count). The summed E-state index contributed by atoms with van der Waals surface area (Å²) in [6.07, 6.45) is 8.15. The van der Waals surface area contributed by atoms with Crippen LogP contribution in [0.15, 0.2) is 30.7 Å². The van der Waals surface area contributed by atoms with Crippen molar-refractivity contribution in [2.24, 2.45) is 5.92 Å². The summed E-state index contributed by atoms with van der Waals surface area (Å²) in [7, 11) is 0. The highest BCUT2D eigenvalue weighted by Crippen LogP contribution is 2.36. The van der Waals surface area contributed by atoms with Crippen molar-refractivity contribution in [2.75, 3.05) is 13.2 Å². The zero-order valence-electron chi connectivity index (χ0n) is 19.2. The first kappa shape index (κ1) is 23.2. The fourth-order valence-corrected chi connectivity index (χ4v) is 4.54. The van der Waals surface area contributed by atoms with Gasteiger partial charge in [-0.25, -0.2) is 14.4 Å². The van der Waals surface area contributed by atoms with Crippen LogP contribution in [0.1, 0.15) is 48.9 Å². The van der Waals surface area contributed by atoms with E-state index < -0.39 is 6.61 Å². The quantitative estimate of drug-likeness (QED) is 0.392. The Labute approximate surface area is 201 Å². The molecule has 0 radical (unpaired) electrons. The fraction of sp³-hybridized carbons (Fsp3) is 0.440. The molecule has 35 heavy (non-hydrogen) atoms. The van der Waals surface area contributed by atoms with E-state index in [1.807, 2.05) is 0 Å². The second-order valence-corrected chi connectivity index (χ2v) is 9.29. The molecule has 9 nitrogen and oxygen atoms in total. The summed E-state index contributed by atoms with van der Waals surface area (Å²) in [6.45, 7) is 0.0160. The smallest absolute Gasteiger partial charge is 0.255 e. The summed E-state index contributed by atoms with van der Waals surface area (Å²) in [5.74, 6) is -0.0787. The largest absolute Gasteiger partial charge is 0.492 e. The second kappa shape index (κ2) is 9.99. The number of aromatic nitrogens is 3. The average Bonchev–Trinajstić information content (AvgIpc) is 3.59. The van der Waals surface area contributed by atoms with Crippen LogP contribution in [0.4, 0.5) is 4.39 Å². The Hall–Kier alpha value is -3.53. The lowest BCUT2D eigenvalue weighted by Gasteiger charge is -2.29. The maximum atomic E-state index is 13.9. The highest BCUT2D eigenvalue weighted by atomic mass is 19.1. The minimum atomic E-state index is -0.521. The molecule has 2 aliphatic rings. The molecule has 2 aromatic heterocycles. The molecular formula is C25H28FN5O4. The number of hydrogen-bond donors (Lipinski definition) is 4. The van der Waals surface area contributed by atoms with Gasteiger partial charge in [-0.2, -0.15) is 0 Å². The van der Waals surface area contributed by atoms with Crippen molar-refractivity contribution in [1.29, 1.82) is 0 Å². The van der Waals surface area contributed by atoms with Crippen molar-refractivity contribution in [2.45, 2.75) is 50.6 Å². The molecule has 0 aliphatic heterocycles. The van der Waals surface area contributed by atoms with E-state index in [1.54, 1.807) is 12.3 Å². The van der Waals surface area contributed by atoms with Gasteiger partial charge < -0.3 is 25.5 Å².